The number of anilines is 2. The van der Waals surface area contributed by atoms with Crippen molar-refractivity contribution < 1.29 is 17.9 Å². The van der Waals surface area contributed by atoms with Crippen LogP contribution in [0.2, 0.25) is 0 Å². The number of nitrogens with one attached hydrogen (secondary N) is 1. The Bertz CT molecular complexity index is 852. The molecule has 0 aliphatic heterocycles. The van der Waals surface area contributed by atoms with Gasteiger partial charge in [-0.15, -0.1) is 0 Å². The van der Waals surface area contributed by atoms with Gasteiger partial charge in [0.15, 0.2) is 6.10 Å². The highest BCUT2D eigenvalue weighted by Gasteiger charge is 2.19. The number of rotatable bonds is 7. The summed E-state index contributed by atoms with van der Waals surface area (Å²) >= 11 is 3.35. The predicted molar refractivity (Wildman–Crippen MR) is 107 cm³/mol. The van der Waals surface area contributed by atoms with E-state index in [4.69, 9.17) is 4.74 Å². The molecule has 0 spiro atoms. The van der Waals surface area contributed by atoms with E-state index in [-0.39, 0.29) is 5.91 Å². The maximum atomic E-state index is 12.4. The van der Waals surface area contributed by atoms with Crippen LogP contribution in [0.5, 0.6) is 5.75 Å². The number of sulfonamides is 1. The smallest absolute Gasteiger partial charge is 0.265 e. The van der Waals surface area contributed by atoms with Crippen LogP contribution in [-0.2, 0) is 14.8 Å². The molecule has 8 heteroatoms. The summed E-state index contributed by atoms with van der Waals surface area (Å²) in [4.78, 5) is 12.4. The largest absolute Gasteiger partial charge is 0.481 e. The molecule has 0 saturated heterocycles. The molecule has 0 aliphatic rings. The Hall–Kier alpha value is -2.06. The lowest BCUT2D eigenvalue weighted by molar-refractivity contribution is -0.122. The van der Waals surface area contributed by atoms with Crippen molar-refractivity contribution in [3.8, 4) is 5.75 Å². The molecule has 0 saturated carbocycles. The van der Waals surface area contributed by atoms with Crippen molar-refractivity contribution >= 4 is 43.2 Å². The highest BCUT2D eigenvalue weighted by atomic mass is 79.9. The summed E-state index contributed by atoms with van der Waals surface area (Å²) in [5.41, 5.74) is 1.21. The molecule has 0 unspecified atom stereocenters. The third-order valence-electron chi connectivity index (χ3n) is 3.75. The molecule has 140 valence electrons. The van der Waals surface area contributed by atoms with E-state index in [2.05, 4.69) is 21.2 Å². The molecule has 26 heavy (non-hydrogen) atoms. The van der Waals surface area contributed by atoms with Gasteiger partial charge >= 0.3 is 0 Å². The summed E-state index contributed by atoms with van der Waals surface area (Å²) in [6.45, 7) is 1.86. The van der Waals surface area contributed by atoms with E-state index >= 15 is 0 Å². The Kier molecular flexibility index (Phi) is 6.66. The number of nitrogens with zero attached hydrogens (tertiary/aromatic N) is 1. The van der Waals surface area contributed by atoms with Crippen LogP contribution in [0.4, 0.5) is 11.4 Å². The molecule has 6 nitrogen and oxygen atoms in total. The Morgan fingerprint density at radius 1 is 1.15 bits per heavy atom. The molecule has 2 aromatic carbocycles. The average molecular weight is 441 g/mol. The van der Waals surface area contributed by atoms with Crippen LogP contribution in [-0.4, -0.2) is 33.7 Å². The van der Waals surface area contributed by atoms with E-state index in [9.17, 15) is 13.2 Å². The van der Waals surface area contributed by atoms with Crippen LogP contribution in [0.3, 0.4) is 0 Å². The van der Waals surface area contributed by atoms with E-state index in [1.54, 1.807) is 36.4 Å². The average Bonchev–Trinajstić information content (AvgIpc) is 2.60. The van der Waals surface area contributed by atoms with Gasteiger partial charge in [0.05, 0.1) is 11.9 Å². The summed E-state index contributed by atoms with van der Waals surface area (Å²) in [6.07, 6.45) is 0.974. The quantitative estimate of drug-likeness (QED) is 0.712. The molecule has 1 amide bonds. The normalized spacial score (nSPS) is 12.3. The van der Waals surface area contributed by atoms with Crippen molar-refractivity contribution in [2.24, 2.45) is 0 Å². The molecular formula is C18H21BrN2O4S. The van der Waals surface area contributed by atoms with Crippen LogP contribution in [0.25, 0.3) is 0 Å². The molecule has 1 N–H and O–H groups in total. The van der Waals surface area contributed by atoms with E-state index < -0.39 is 16.1 Å². The molecule has 0 aromatic heterocycles. The van der Waals surface area contributed by atoms with Gasteiger partial charge in [0.2, 0.25) is 10.0 Å². The molecule has 0 aliphatic carbocycles. The summed E-state index contributed by atoms with van der Waals surface area (Å²) in [5, 5.41) is 2.82. The summed E-state index contributed by atoms with van der Waals surface area (Å²) in [5.74, 6) is 0.251. The molecule has 1 atom stereocenters. The number of hydrogen-bond donors (Lipinski definition) is 1. The number of carbonyl (C=O) groups is 1. The van der Waals surface area contributed by atoms with Gasteiger partial charge in [-0.2, -0.15) is 0 Å². The minimum Gasteiger partial charge on any atom is -0.481 e. The lowest BCUT2D eigenvalue weighted by atomic mass is 10.2. The van der Waals surface area contributed by atoms with Crippen molar-refractivity contribution in [1.82, 2.24) is 0 Å². The minimum atomic E-state index is -3.32. The fourth-order valence-electron chi connectivity index (χ4n) is 2.17. The maximum absolute atomic E-state index is 12.4. The Morgan fingerprint density at radius 2 is 1.73 bits per heavy atom. The molecule has 2 aromatic rings. The monoisotopic (exact) mass is 440 g/mol. The Balaban J connectivity index is 2.04. The first-order valence-electron chi connectivity index (χ1n) is 7.97. The van der Waals surface area contributed by atoms with Crippen molar-refractivity contribution in [1.29, 1.82) is 0 Å². The highest BCUT2D eigenvalue weighted by Crippen LogP contribution is 2.22. The van der Waals surface area contributed by atoms with Crippen LogP contribution in [0, 0.1) is 0 Å². The third kappa shape index (κ3) is 5.47. The number of ether oxygens (including phenoxy) is 1. The number of amides is 1. The minimum absolute atomic E-state index is 0.243. The van der Waals surface area contributed by atoms with Gasteiger partial charge < -0.3 is 10.1 Å². The van der Waals surface area contributed by atoms with Gasteiger partial charge in [-0.3, -0.25) is 9.10 Å². The van der Waals surface area contributed by atoms with E-state index in [0.717, 1.165) is 10.7 Å². The lowest BCUT2D eigenvalue weighted by Crippen LogP contribution is -2.32. The van der Waals surface area contributed by atoms with E-state index in [1.165, 1.54) is 11.4 Å². The number of hydrogen-bond acceptors (Lipinski definition) is 4. The van der Waals surface area contributed by atoms with Crippen LogP contribution in [0.15, 0.2) is 53.0 Å². The Morgan fingerprint density at radius 3 is 2.23 bits per heavy atom. The zero-order valence-corrected chi connectivity index (χ0v) is 17.2. The standard InChI is InChI=1S/C18H21BrN2O4S/c1-4-17(18(22)20-14-7-5-13(19)6-8-14)25-16-11-9-15(10-12-16)21(2)26(3,23)24/h5-12,17H,4H2,1-3H3,(H,20,22)/t17-/m0/s1. The molecular weight excluding hydrogens is 420 g/mol. The Labute approximate surface area is 162 Å². The van der Waals surface area contributed by atoms with Gasteiger partial charge in [0.25, 0.3) is 5.91 Å². The molecule has 0 fully saturated rings. The number of halogens is 1. The summed E-state index contributed by atoms with van der Waals surface area (Å²) in [6, 6.07) is 13.8. The summed E-state index contributed by atoms with van der Waals surface area (Å²) < 4.78 is 31.0. The van der Waals surface area contributed by atoms with Gasteiger partial charge in [-0.25, -0.2) is 8.42 Å². The van der Waals surface area contributed by atoms with Gasteiger partial charge in [-0.1, -0.05) is 22.9 Å². The fourth-order valence-corrected chi connectivity index (χ4v) is 2.94. The van der Waals surface area contributed by atoms with E-state index in [1.807, 2.05) is 19.1 Å². The first kappa shape index (κ1) is 20.3. The highest BCUT2D eigenvalue weighted by molar-refractivity contribution is 9.10. The van der Waals surface area contributed by atoms with Crippen LogP contribution in [0.1, 0.15) is 13.3 Å². The second-order valence-corrected chi connectivity index (χ2v) is 8.66. The topological polar surface area (TPSA) is 75.7 Å². The number of carbonyl (C=O) groups excluding carboxylic acids is 1. The van der Waals surface area contributed by atoms with E-state index in [0.29, 0.717) is 23.5 Å². The van der Waals surface area contributed by atoms with Crippen molar-refractivity contribution in [3.05, 3.63) is 53.0 Å². The zero-order valence-electron chi connectivity index (χ0n) is 14.8. The zero-order chi connectivity index (χ0) is 19.3. The molecule has 0 radical (unpaired) electrons. The second kappa shape index (κ2) is 8.55. The van der Waals surface area contributed by atoms with Gasteiger partial charge in [0, 0.05) is 17.2 Å². The van der Waals surface area contributed by atoms with Crippen molar-refractivity contribution in [2.75, 3.05) is 22.9 Å². The van der Waals surface area contributed by atoms with Crippen molar-refractivity contribution in [3.63, 3.8) is 0 Å². The molecule has 0 heterocycles. The second-order valence-electron chi connectivity index (χ2n) is 5.74. The lowest BCUT2D eigenvalue weighted by Gasteiger charge is -2.19. The number of benzene rings is 2. The van der Waals surface area contributed by atoms with Crippen LogP contribution >= 0.6 is 15.9 Å². The molecule has 0 bridgehead atoms. The van der Waals surface area contributed by atoms with Gasteiger partial charge in [0.1, 0.15) is 5.75 Å². The van der Waals surface area contributed by atoms with Crippen molar-refractivity contribution in [2.45, 2.75) is 19.4 Å². The predicted octanol–water partition coefficient (Wildman–Crippen LogP) is 3.64. The third-order valence-corrected chi connectivity index (χ3v) is 5.49. The maximum Gasteiger partial charge on any atom is 0.265 e. The van der Waals surface area contributed by atoms with Crippen LogP contribution < -0.4 is 14.4 Å². The van der Waals surface area contributed by atoms with Gasteiger partial charge in [-0.05, 0) is 55.0 Å². The molecule has 2 rings (SSSR count). The summed E-state index contributed by atoms with van der Waals surface area (Å²) in [7, 11) is -1.84. The SMILES string of the molecule is CC[C@H](Oc1ccc(N(C)S(C)(=O)=O)cc1)C(=O)Nc1ccc(Br)cc1. The fraction of sp³-hybridized carbons (Fsp3) is 0.278. The first-order valence-corrected chi connectivity index (χ1v) is 10.6. The first-order chi connectivity index (χ1) is 12.2.